The lowest BCUT2D eigenvalue weighted by atomic mass is 10.0. The van der Waals surface area contributed by atoms with Crippen LogP contribution in [0.25, 0.3) is 0 Å². The summed E-state index contributed by atoms with van der Waals surface area (Å²) >= 11 is 0. The molecule has 77 heavy (non-hydrogen) atoms. The van der Waals surface area contributed by atoms with E-state index in [2.05, 4.69) is 57.2 Å². The van der Waals surface area contributed by atoms with Gasteiger partial charge in [-0.1, -0.05) is 231 Å². The van der Waals surface area contributed by atoms with Gasteiger partial charge in [0.2, 0.25) is 0 Å². The first-order valence-electron chi connectivity index (χ1n) is 30.3. The zero-order valence-corrected chi connectivity index (χ0v) is 50.2. The van der Waals surface area contributed by atoms with Gasteiger partial charge >= 0.3 is 33.6 Å². The van der Waals surface area contributed by atoms with E-state index >= 15 is 0 Å². The van der Waals surface area contributed by atoms with Gasteiger partial charge < -0.3 is 34.2 Å². The molecule has 0 heterocycles. The van der Waals surface area contributed by atoms with Crippen molar-refractivity contribution in [3.8, 4) is 0 Å². The lowest BCUT2D eigenvalue weighted by molar-refractivity contribution is -0.161. The van der Waals surface area contributed by atoms with Gasteiger partial charge in [0.1, 0.15) is 25.4 Å². The summed E-state index contributed by atoms with van der Waals surface area (Å²) in [5, 5.41) is 20.4. The molecule has 0 spiro atoms. The third-order valence-electron chi connectivity index (χ3n) is 12.9. The Labute approximate surface area is 466 Å². The molecule has 0 saturated heterocycles. The van der Waals surface area contributed by atoms with Gasteiger partial charge in [0.25, 0.3) is 0 Å². The highest BCUT2D eigenvalue weighted by molar-refractivity contribution is 7.47. The fourth-order valence-electron chi connectivity index (χ4n) is 8.23. The molecule has 0 bridgehead atoms. The van der Waals surface area contributed by atoms with Gasteiger partial charge in [0.15, 0.2) is 6.10 Å². The Hall–Kier alpha value is -2.23. The Balaban J connectivity index is 4.59. The standard InChI is InChI=1S/C59H110O16P2/c1-4-7-10-13-16-19-22-24-25-26-27-29-32-33-36-39-42-45-57(62)69-48-54(60)49-71-76(65,66)72-50-55(61)51-73-77(67,68)74-53-56(75-59(64)47-44-41-38-35-30-21-18-15-12-9-6-3)52-70-58(63)46-43-40-37-34-31-28-23-20-17-14-11-8-5-2/h7,10,16,19,24-25,54-56,60-61H,4-6,8-9,11-15,17-18,20-23,26-53H2,1-3H3,(H,65,66)(H,67,68)/b10-7-,19-16-,25-24-. The van der Waals surface area contributed by atoms with E-state index in [1.54, 1.807) is 0 Å². The van der Waals surface area contributed by atoms with E-state index in [4.69, 9.17) is 32.3 Å². The van der Waals surface area contributed by atoms with E-state index in [-0.39, 0.29) is 19.3 Å². The number of ether oxygens (including phenoxy) is 3. The van der Waals surface area contributed by atoms with Crippen molar-refractivity contribution in [3.63, 3.8) is 0 Å². The molecule has 0 aliphatic heterocycles. The average Bonchev–Trinajstić information content (AvgIpc) is 3.40. The Morgan fingerprint density at radius 3 is 1.09 bits per heavy atom. The van der Waals surface area contributed by atoms with Gasteiger partial charge in [-0.15, -0.1) is 0 Å². The van der Waals surface area contributed by atoms with Crippen LogP contribution >= 0.6 is 15.6 Å². The number of carbonyl (C=O) groups excluding carboxylic acids is 3. The van der Waals surface area contributed by atoms with E-state index in [9.17, 15) is 43.5 Å². The Morgan fingerprint density at radius 2 is 0.688 bits per heavy atom. The smallest absolute Gasteiger partial charge is 0.463 e. The first-order chi connectivity index (χ1) is 37.2. The van der Waals surface area contributed by atoms with Gasteiger partial charge in [-0.3, -0.25) is 32.5 Å². The first-order valence-corrected chi connectivity index (χ1v) is 33.3. The third kappa shape index (κ3) is 55.5. The molecule has 16 nitrogen and oxygen atoms in total. The van der Waals surface area contributed by atoms with Crippen LogP contribution in [-0.2, 0) is 55.8 Å². The van der Waals surface area contributed by atoms with Crippen molar-refractivity contribution in [1.82, 2.24) is 0 Å². The van der Waals surface area contributed by atoms with Crippen molar-refractivity contribution >= 4 is 33.6 Å². The van der Waals surface area contributed by atoms with Crippen LogP contribution in [0.3, 0.4) is 0 Å². The summed E-state index contributed by atoms with van der Waals surface area (Å²) < 4.78 is 60.6. The first kappa shape index (κ1) is 74.8. The Kier molecular flexibility index (Phi) is 52.8. The molecule has 0 aromatic heterocycles. The van der Waals surface area contributed by atoms with Crippen molar-refractivity contribution < 1.29 is 75.8 Å². The molecule has 0 aromatic carbocycles. The number of hydrogen-bond donors (Lipinski definition) is 4. The number of carbonyl (C=O) groups is 3. The number of esters is 3. The maximum atomic E-state index is 12.8. The largest absolute Gasteiger partial charge is 0.472 e. The zero-order valence-electron chi connectivity index (χ0n) is 48.4. The van der Waals surface area contributed by atoms with E-state index in [0.29, 0.717) is 19.3 Å². The summed E-state index contributed by atoms with van der Waals surface area (Å²) in [7, 11) is -9.74. The SMILES string of the molecule is CC/C=C\C/C=C\C/C=C\CCCCCCCCCC(=O)OCC(O)COP(=O)(O)OCC(O)COP(=O)(O)OCC(COC(=O)CCCCCCCCCCCCCCC)OC(=O)CCCCCCCCCCCCC. The second-order valence-corrected chi connectivity index (χ2v) is 23.4. The summed E-state index contributed by atoms with van der Waals surface area (Å²) in [5.74, 6) is -1.57. The molecule has 0 amide bonds. The van der Waals surface area contributed by atoms with Crippen molar-refractivity contribution in [3.05, 3.63) is 36.5 Å². The predicted molar refractivity (Wildman–Crippen MR) is 307 cm³/mol. The third-order valence-corrected chi connectivity index (χ3v) is 14.8. The van der Waals surface area contributed by atoms with Crippen LogP contribution in [-0.4, -0.2) is 95.9 Å². The van der Waals surface area contributed by atoms with Crippen LogP contribution in [0.5, 0.6) is 0 Å². The molecular formula is C59H110O16P2. The van der Waals surface area contributed by atoms with Crippen LogP contribution in [0.1, 0.15) is 265 Å². The summed E-state index contributed by atoms with van der Waals surface area (Å²) in [6, 6.07) is 0. The molecule has 0 saturated carbocycles. The second-order valence-electron chi connectivity index (χ2n) is 20.5. The molecule has 0 radical (unpaired) electrons. The monoisotopic (exact) mass is 1140 g/mol. The van der Waals surface area contributed by atoms with Gasteiger partial charge in [-0.2, -0.15) is 0 Å². The lowest BCUT2D eigenvalue weighted by Crippen LogP contribution is -2.30. The minimum Gasteiger partial charge on any atom is -0.463 e. The molecule has 0 aromatic rings. The number of phosphoric acid groups is 2. The quantitative estimate of drug-likeness (QED) is 0.0146. The maximum absolute atomic E-state index is 12.8. The summed E-state index contributed by atoms with van der Waals surface area (Å²) in [5.41, 5.74) is 0. The molecular weight excluding hydrogens is 1030 g/mol. The predicted octanol–water partition coefficient (Wildman–Crippen LogP) is 15.5. The number of phosphoric ester groups is 2. The number of rotatable bonds is 58. The summed E-state index contributed by atoms with van der Waals surface area (Å²) in [4.78, 5) is 58.0. The van der Waals surface area contributed by atoms with E-state index < -0.39 is 91.5 Å². The minimum atomic E-state index is -4.90. The Bertz CT molecular complexity index is 1570. The zero-order chi connectivity index (χ0) is 56.8. The molecule has 0 rings (SSSR count). The molecule has 0 aliphatic carbocycles. The highest BCUT2D eigenvalue weighted by Gasteiger charge is 2.29. The summed E-state index contributed by atoms with van der Waals surface area (Å²) in [6.45, 7) is 2.55. The van der Waals surface area contributed by atoms with Crippen LogP contribution in [0.2, 0.25) is 0 Å². The Morgan fingerprint density at radius 1 is 0.377 bits per heavy atom. The van der Waals surface area contributed by atoms with Gasteiger partial charge in [0, 0.05) is 19.3 Å². The maximum Gasteiger partial charge on any atom is 0.472 e. The van der Waals surface area contributed by atoms with E-state index in [1.165, 1.54) is 96.3 Å². The molecule has 0 aliphatic rings. The number of hydrogen-bond acceptors (Lipinski definition) is 14. The summed E-state index contributed by atoms with van der Waals surface area (Å²) in [6.07, 6.45) is 47.9. The molecule has 18 heteroatoms. The van der Waals surface area contributed by atoms with Crippen LogP contribution in [0.4, 0.5) is 0 Å². The average molecular weight is 1140 g/mol. The minimum absolute atomic E-state index is 0.113. The molecule has 5 atom stereocenters. The molecule has 5 unspecified atom stereocenters. The topological polar surface area (TPSA) is 231 Å². The lowest BCUT2D eigenvalue weighted by Gasteiger charge is -2.21. The van der Waals surface area contributed by atoms with Gasteiger partial charge in [0.05, 0.1) is 26.4 Å². The molecule has 452 valence electrons. The van der Waals surface area contributed by atoms with Crippen LogP contribution in [0.15, 0.2) is 36.5 Å². The highest BCUT2D eigenvalue weighted by atomic mass is 31.2. The van der Waals surface area contributed by atoms with Crippen molar-refractivity contribution in [2.75, 3.05) is 39.6 Å². The number of aliphatic hydroxyl groups excluding tert-OH is 2. The fraction of sp³-hybridized carbons (Fsp3) is 0.847. The van der Waals surface area contributed by atoms with Crippen LogP contribution in [0, 0.1) is 0 Å². The van der Waals surface area contributed by atoms with Crippen molar-refractivity contribution in [2.45, 2.75) is 283 Å². The van der Waals surface area contributed by atoms with Gasteiger partial charge in [-0.25, -0.2) is 9.13 Å². The van der Waals surface area contributed by atoms with Crippen molar-refractivity contribution in [1.29, 1.82) is 0 Å². The fourth-order valence-corrected chi connectivity index (χ4v) is 9.82. The van der Waals surface area contributed by atoms with Crippen LogP contribution < -0.4 is 0 Å². The number of unbranched alkanes of at least 4 members (excludes halogenated alkanes) is 29. The number of aliphatic hydroxyl groups is 2. The normalized spacial score (nSPS) is 14.7. The van der Waals surface area contributed by atoms with E-state index in [1.807, 2.05) is 0 Å². The molecule has 0 fully saturated rings. The van der Waals surface area contributed by atoms with Crippen molar-refractivity contribution in [2.24, 2.45) is 0 Å². The second kappa shape index (κ2) is 54.4. The highest BCUT2D eigenvalue weighted by Crippen LogP contribution is 2.45. The van der Waals surface area contributed by atoms with Gasteiger partial charge in [-0.05, 0) is 51.4 Å². The van der Waals surface area contributed by atoms with E-state index in [0.717, 1.165) is 109 Å². The number of allylic oxidation sites excluding steroid dienone is 6. The molecule has 4 N–H and O–H groups in total.